The molecule has 186 valence electrons. The highest BCUT2D eigenvalue weighted by Crippen LogP contribution is 2.43. The van der Waals surface area contributed by atoms with Gasteiger partial charge in [0.1, 0.15) is 17.2 Å². The van der Waals surface area contributed by atoms with Crippen molar-refractivity contribution in [3.63, 3.8) is 0 Å². The molecule has 2 aliphatic rings. The van der Waals surface area contributed by atoms with Gasteiger partial charge in [0.25, 0.3) is 0 Å². The number of carbonyl (C=O) groups excluding carboxylic acids is 1. The molecule has 1 N–H and O–H groups in total. The molecular formula is C27H35ClF2N2O2. The molecule has 0 saturated carbocycles. The van der Waals surface area contributed by atoms with Crippen molar-refractivity contribution in [3.8, 4) is 0 Å². The molecule has 5 atom stereocenters. The molecule has 0 bridgehead atoms. The maximum atomic E-state index is 14.8. The number of nitrogens with zero attached hydrogens (tertiary/aromatic N) is 2. The van der Waals surface area contributed by atoms with E-state index < -0.39 is 29.2 Å². The van der Waals surface area contributed by atoms with Gasteiger partial charge in [-0.25, -0.2) is 8.78 Å². The van der Waals surface area contributed by atoms with Gasteiger partial charge in [0.2, 0.25) is 5.91 Å². The van der Waals surface area contributed by atoms with Crippen LogP contribution in [0.25, 0.3) is 0 Å². The highest BCUT2D eigenvalue weighted by molar-refractivity contribution is 5.85. The minimum absolute atomic E-state index is 0. The van der Waals surface area contributed by atoms with E-state index >= 15 is 0 Å². The summed E-state index contributed by atoms with van der Waals surface area (Å²) in [6, 6.07) is 12.9. The molecule has 1 amide bonds. The molecule has 0 radical (unpaired) electrons. The van der Waals surface area contributed by atoms with Crippen LogP contribution in [0.15, 0.2) is 48.5 Å². The Morgan fingerprint density at radius 3 is 2.38 bits per heavy atom. The number of benzene rings is 2. The van der Waals surface area contributed by atoms with Crippen LogP contribution < -0.4 is 0 Å². The Morgan fingerprint density at radius 2 is 1.76 bits per heavy atom. The molecule has 2 aromatic carbocycles. The number of amides is 1. The third-order valence-electron chi connectivity index (χ3n) is 7.94. The van der Waals surface area contributed by atoms with Crippen molar-refractivity contribution in [2.75, 3.05) is 19.6 Å². The molecule has 0 aromatic heterocycles. The third-order valence-corrected chi connectivity index (χ3v) is 7.94. The van der Waals surface area contributed by atoms with E-state index in [1.54, 1.807) is 4.90 Å². The standard InChI is InChI=1S/C27H34F2N2O2.ClH/c1-17(2)30-15-23(22-11-10-21(28)14-25(22)29)24(16-30)26(32)31-13-12-18(3)27(33,19(31)4)20-8-6-5-7-9-20;/h5-11,14,17-19,23-24,33H,12-13,15-16H2,1-4H3;1H/t18-,19-,23-,24+,27-;/m0./s1. The van der Waals surface area contributed by atoms with E-state index in [1.165, 1.54) is 12.1 Å². The van der Waals surface area contributed by atoms with E-state index in [9.17, 15) is 18.7 Å². The van der Waals surface area contributed by atoms with E-state index in [2.05, 4.69) is 18.7 Å². The SMILES string of the molecule is CC(C)N1C[C@@H](C(=O)N2CC[C@H](C)[C@@](O)(c3ccccc3)[C@@H]2C)[C@H](c2ccc(F)cc2F)C1.Cl. The average molecular weight is 493 g/mol. The molecule has 2 aromatic rings. The van der Waals surface area contributed by atoms with Crippen LogP contribution in [0, 0.1) is 23.5 Å². The molecule has 0 unspecified atom stereocenters. The fourth-order valence-corrected chi connectivity index (χ4v) is 5.76. The van der Waals surface area contributed by atoms with Crippen LogP contribution >= 0.6 is 12.4 Å². The minimum atomic E-state index is -1.16. The second-order valence-corrected chi connectivity index (χ2v) is 10.0. The number of hydrogen-bond acceptors (Lipinski definition) is 3. The van der Waals surface area contributed by atoms with Crippen LogP contribution in [0.5, 0.6) is 0 Å². The smallest absolute Gasteiger partial charge is 0.228 e. The molecule has 2 heterocycles. The number of likely N-dealkylation sites (tertiary alicyclic amines) is 2. The Bertz CT molecular complexity index is 1010. The van der Waals surface area contributed by atoms with Crippen molar-refractivity contribution >= 4 is 18.3 Å². The molecule has 0 spiro atoms. The first kappa shape index (κ1) is 26.6. The van der Waals surface area contributed by atoms with Crippen molar-refractivity contribution in [2.45, 2.75) is 57.7 Å². The Labute approximate surface area is 207 Å². The fraction of sp³-hybridized carbons (Fsp3) is 0.519. The number of aliphatic hydroxyl groups is 1. The van der Waals surface area contributed by atoms with Crippen molar-refractivity contribution in [1.82, 2.24) is 9.80 Å². The topological polar surface area (TPSA) is 43.8 Å². The summed E-state index contributed by atoms with van der Waals surface area (Å²) >= 11 is 0. The minimum Gasteiger partial charge on any atom is -0.383 e. The van der Waals surface area contributed by atoms with E-state index in [0.717, 1.165) is 11.6 Å². The molecule has 0 aliphatic carbocycles. The summed E-state index contributed by atoms with van der Waals surface area (Å²) in [6.45, 7) is 9.65. The van der Waals surface area contributed by atoms with Crippen LogP contribution in [0.2, 0.25) is 0 Å². The predicted octanol–water partition coefficient (Wildman–Crippen LogP) is 4.96. The van der Waals surface area contributed by atoms with Gasteiger partial charge in [-0.2, -0.15) is 0 Å². The van der Waals surface area contributed by atoms with Crippen molar-refractivity contribution < 1.29 is 18.7 Å². The van der Waals surface area contributed by atoms with Crippen molar-refractivity contribution in [3.05, 3.63) is 71.3 Å². The Hall–Kier alpha value is -2.02. The predicted molar refractivity (Wildman–Crippen MR) is 132 cm³/mol. The zero-order chi connectivity index (χ0) is 23.9. The van der Waals surface area contributed by atoms with Gasteiger partial charge in [-0.15, -0.1) is 12.4 Å². The van der Waals surface area contributed by atoms with Gasteiger partial charge in [-0.1, -0.05) is 43.3 Å². The summed E-state index contributed by atoms with van der Waals surface area (Å²) in [5.74, 6) is -2.13. The first-order chi connectivity index (χ1) is 15.6. The lowest BCUT2D eigenvalue weighted by molar-refractivity contribution is -0.159. The molecule has 2 saturated heterocycles. The first-order valence-electron chi connectivity index (χ1n) is 11.9. The maximum Gasteiger partial charge on any atom is 0.228 e. The van der Waals surface area contributed by atoms with Gasteiger partial charge >= 0.3 is 0 Å². The number of rotatable bonds is 4. The van der Waals surface area contributed by atoms with E-state index in [4.69, 9.17) is 0 Å². The number of carbonyl (C=O) groups is 1. The van der Waals surface area contributed by atoms with E-state index in [0.29, 0.717) is 31.6 Å². The number of hydrogen-bond donors (Lipinski definition) is 1. The van der Waals surface area contributed by atoms with Crippen LogP contribution in [0.1, 0.15) is 51.2 Å². The molecule has 4 nitrogen and oxygen atoms in total. The van der Waals surface area contributed by atoms with E-state index in [-0.39, 0.29) is 36.2 Å². The Kier molecular flexibility index (Phi) is 8.06. The fourth-order valence-electron chi connectivity index (χ4n) is 5.76. The zero-order valence-corrected chi connectivity index (χ0v) is 21.1. The van der Waals surface area contributed by atoms with Crippen LogP contribution in [-0.2, 0) is 10.4 Å². The zero-order valence-electron chi connectivity index (χ0n) is 20.2. The lowest BCUT2D eigenvalue weighted by Crippen LogP contribution is -2.60. The monoisotopic (exact) mass is 492 g/mol. The summed E-state index contributed by atoms with van der Waals surface area (Å²) in [7, 11) is 0. The molecule has 4 rings (SSSR count). The molecule has 2 fully saturated rings. The number of halogens is 3. The molecular weight excluding hydrogens is 458 g/mol. The summed E-state index contributed by atoms with van der Waals surface area (Å²) in [4.78, 5) is 17.9. The van der Waals surface area contributed by atoms with Gasteiger partial charge in [0.15, 0.2) is 0 Å². The second-order valence-electron chi connectivity index (χ2n) is 10.0. The van der Waals surface area contributed by atoms with Crippen LogP contribution in [0.3, 0.4) is 0 Å². The van der Waals surface area contributed by atoms with Crippen molar-refractivity contribution in [2.24, 2.45) is 11.8 Å². The van der Waals surface area contributed by atoms with Crippen LogP contribution in [0.4, 0.5) is 8.78 Å². The van der Waals surface area contributed by atoms with Gasteiger partial charge in [0, 0.05) is 37.7 Å². The van der Waals surface area contributed by atoms with Gasteiger partial charge < -0.3 is 10.0 Å². The van der Waals surface area contributed by atoms with Gasteiger partial charge in [-0.05, 0) is 50.3 Å². The summed E-state index contributed by atoms with van der Waals surface area (Å²) in [6.07, 6.45) is 0.678. The normalized spacial score (nSPS) is 29.8. The Balaban J connectivity index is 0.00000324. The quantitative estimate of drug-likeness (QED) is 0.656. The number of piperidine rings is 1. The largest absolute Gasteiger partial charge is 0.383 e. The first-order valence-corrected chi connectivity index (χ1v) is 11.9. The summed E-state index contributed by atoms with van der Waals surface area (Å²) in [5.41, 5.74) is 0.0235. The average Bonchev–Trinajstić information content (AvgIpc) is 3.23. The third kappa shape index (κ3) is 4.60. The van der Waals surface area contributed by atoms with E-state index in [1.807, 2.05) is 44.2 Å². The van der Waals surface area contributed by atoms with Gasteiger partial charge in [0.05, 0.1) is 12.0 Å². The molecule has 2 aliphatic heterocycles. The van der Waals surface area contributed by atoms with Crippen LogP contribution in [-0.4, -0.2) is 52.5 Å². The lowest BCUT2D eigenvalue weighted by Gasteiger charge is -2.50. The highest BCUT2D eigenvalue weighted by atomic mass is 35.5. The molecule has 7 heteroatoms. The highest BCUT2D eigenvalue weighted by Gasteiger charge is 2.51. The lowest BCUT2D eigenvalue weighted by atomic mass is 9.72. The Morgan fingerprint density at radius 1 is 1.09 bits per heavy atom. The maximum absolute atomic E-state index is 14.8. The molecule has 34 heavy (non-hydrogen) atoms. The second kappa shape index (κ2) is 10.3. The van der Waals surface area contributed by atoms with Crippen molar-refractivity contribution in [1.29, 1.82) is 0 Å². The summed E-state index contributed by atoms with van der Waals surface area (Å²) < 4.78 is 28.3. The summed E-state index contributed by atoms with van der Waals surface area (Å²) in [5, 5.41) is 11.8. The van der Waals surface area contributed by atoms with Gasteiger partial charge in [-0.3, -0.25) is 9.69 Å².